The lowest BCUT2D eigenvalue weighted by atomic mass is 10.1. The van der Waals surface area contributed by atoms with Crippen LogP contribution in [0, 0.1) is 13.8 Å². The zero-order chi connectivity index (χ0) is 21.9. The summed E-state index contributed by atoms with van der Waals surface area (Å²) >= 11 is 12.2. The summed E-state index contributed by atoms with van der Waals surface area (Å²) in [7, 11) is -4.03. The molecular weight excluding hydrogens is 443 g/mol. The van der Waals surface area contributed by atoms with E-state index in [0.717, 1.165) is 15.4 Å². The molecule has 156 valence electrons. The number of hydrogen-bond donors (Lipinski definition) is 1. The highest BCUT2D eigenvalue weighted by atomic mass is 35.5. The largest absolute Gasteiger partial charge is 0.325 e. The molecule has 1 N–H and O–H groups in total. The van der Waals surface area contributed by atoms with Gasteiger partial charge in [0.1, 0.15) is 6.54 Å². The maximum atomic E-state index is 13.3. The van der Waals surface area contributed by atoms with Gasteiger partial charge in [0.05, 0.1) is 10.6 Å². The predicted octanol–water partition coefficient (Wildman–Crippen LogP) is 5.44. The van der Waals surface area contributed by atoms with Crippen molar-refractivity contribution in [2.45, 2.75) is 18.7 Å². The van der Waals surface area contributed by atoms with E-state index < -0.39 is 22.5 Å². The van der Waals surface area contributed by atoms with Crippen LogP contribution in [0.4, 0.5) is 11.4 Å². The van der Waals surface area contributed by atoms with Crippen LogP contribution in [-0.2, 0) is 14.8 Å². The molecule has 3 aromatic rings. The molecule has 5 nitrogen and oxygen atoms in total. The number of hydrogen-bond acceptors (Lipinski definition) is 3. The second-order valence-electron chi connectivity index (χ2n) is 6.80. The van der Waals surface area contributed by atoms with Crippen molar-refractivity contribution >= 4 is 50.5 Å². The van der Waals surface area contributed by atoms with Gasteiger partial charge in [-0.15, -0.1) is 0 Å². The Balaban J connectivity index is 1.97. The van der Waals surface area contributed by atoms with Crippen LogP contribution >= 0.6 is 23.2 Å². The van der Waals surface area contributed by atoms with Crippen molar-refractivity contribution in [2.24, 2.45) is 0 Å². The lowest BCUT2D eigenvalue weighted by Crippen LogP contribution is -2.38. The van der Waals surface area contributed by atoms with Crippen molar-refractivity contribution < 1.29 is 13.2 Å². The second-order valence-corrected chi connectivity index (χ2v) is 9.53. The van der Waals surface area contributed by atoms with E-state index in [1.54, 1.807) is 24.3 Å². The summed E-state index contributed by atoms with van der Waals surface area (Å²) in [5.41, 5.74) is 2.90. The van der Waals surface area contributed by atoms with Crippen LogP contribution in [0.1, 0.15) is 11.1 Å². The SMILES string of the molecule is Cc1ccc(NC(=O)CN(c2cc(Cl)cc(Cl)c2)S(=O)(=O)c2ccccc2)cc1C. The maximum absolute atomic E-state index is 13.3. The first-order valence-corrected chi connectivity index (χ1v) is 11.3. The molecule has 0 aromatic heterocycles. The first-order chi connectivity index (χ1) is 14.2. The van der Waals surface area contributed by atoms with Gasteiger partial charge >= 0.3 is 0 Å². The van der Waals surface area contributed by atoms with Gasteiger partial charge < -0.3 is 5.32 Å². The Hall–Kier alpha value is -2.54. The van der Waals surface area contributed by atoms with Gasteiger partial charge in [-0.2, -0.15) is 0 Å². The Morgan fingerprint density at radius 3 is 2.13 bits per heavy atom. The summed E-state index contributed by atoms with van der Waals surface area (Å²) in [4.78, 5) is 12.8. The first kappa shape index (κ1) is 22.2. The van der Waals surface area contributed by atoms with Crippen molar-refractivity contribution in [3.8, 4) is 0 Å². The smallest absolute Gasteiger partial charge is 0.264 e. The van der Waals surface area contributed by atoms with Crippen LogP contribution in [0.3, 0.4) is 0 Å². The number of halogens is 2. The monoisotopic (exact) mass is 462 g/mol. The molecule has 3 aromatic carbocycles. The van der Waals surface area contributed by atoms with E-state index in [0.29, 0.717) is 5.69 Å². The number of nitrogens with one attached hydrogen (secondary N) is 1. The summed E-state index contributed by atoms with van der Waals surface area (Å²) in [6.07, 6.45) is 0. The predicted molar refractivity (Wildman–Crippen MR) is 122 cm³/mol. The minimum atomic E-state index is -4.03. The van der Waals surface area contributed by atoms with Gasteiger partial charge in [0.15, 0.2) is 0 Å². The van der Waals surface area contributed by atoms with E-state index in [-0.39, 0.29) is 20.6 Å². The molecule has 0 aliphatic carbocycles. The molecule has 30 heavy (non-hydrogen) atoms. The summed E-state index contributed by atoms with van der Waals surface area (Å²) in [6.45, 7) is 3.46. The zero-order valence-electron chi connectivity index (χ0n) is 16.4. The molecule has 8 heteroatoms. The highest BCUT2D eigenvalue weighted by Crippen LogP contribution is 2.29. The van der Waals surface area contributed by atoms with Gasteiger partial charge in [0, 0.05) is 15.7 Å². The molecule has 1 amide bonds. The molecule has 0 atom stereocenters. The van der Waals surface area contributed by atoms with Gasteiger partial charge in [-0.3, -0.25) is 9.10 Å². The Morgan fingerprint density at radius 1 is 0.900 bits per heavy atom. The minimum absolute atomic E-state index is 0.0556. The average molecular weight is 463 g/mol. The molecule has 0 aliphatic rings. The normalized spacial score (nSPS) is 11.2. The van der Waals surface area contributed by atoms with Crippen LogP contribution in [0.5, 0.6) is 0 Å². The van der Waals surface area contributed by atoms with Gasteiger partial charge in [-0.1, -0.05) is 47.5 Å². The van der Waals surface area contributed by atoms with Gasteiger partial charge in [-0.05, 0) is 67.4 Å². The first-order valence-electron chi connectivity index (χ1n) is 9.08. The summed E-state index contributed by atoms with van der Waals surface area (Å²) in [5.74, 6) is -0.492. The van der Waals surface area contributed by atoms with Crippen LogP contribution in [0.25, 0.3) is 0 Å². The third-order valence-corrected chi connectivity index (χ3v) is 6.77. The second kappa shape index (κ2) is 9.08. The molecule has 3 rings (SSSR count). The van der Waals surface area contributed by atoms with Crippen molar-refractivity contribution in [3.63, 3.8) is 0 Å². The average Bonchev–Trinajstić information content (AvgIpc) is 2.69. The standard InChI is InChI=1S/C22H20Cl2N2O3S/c1-15-8-9-19(10-16(15)2)25-22(27)14-26(20-12-17(23)11-18(24)13-20)30(28,29)21-6-4-3-5-7-21/h3-13H,14H2,1-2H3,(H,25,27). The number of carbonyl (C=O) groups excluding carboxylic acids is 1. The number of rotatable bonds is 6. The van der Waals surface area contributed by atoms with Crippen LogP contribution in [0.2, 0.25) is 10.0 Å². The number of anilines is 2. The number of sulfonamides is 1. The molecule has 0 saturated carbocycles. The lowest BCUT2D eigenvalue weighted by Gasteiger charge is -2.24. The summed E-state index contributed by atoms with van der Waals surface area (Å²) in [5, 5.41) is 3.28. The Kier molecular flexibility index (Phi) is 6.71. The van der Waals surface area contributed by atoms with Crippen molar-refractivity contribution in [1.82, 2.24) is 0 Å². The van der Waals surface area contributed by atoms with Gasteiger partial charge in [0.25, 0.3) is 10.0 Å². The number of aryl methyl sites for hydroxylation is 2. The molecule has 0 unspecified atom stereocenters. The fourth-order valence-electron chi connectivity index (χ4n) is 2.87. The van der Waals surface area contributed by atoms with E-state index in [2.05, 4.69) is 5.32 Å². The molecule has 0 aliphatic heterocycles. The van der Waals surface area contributed by atoms with Crippen LogP contribution in [0.15, 0.2) is 71.6 Å². The van der Waals surface area contributed by atoms with Crippen molar-refractivity contribution in [3.05, 3.63) is 87.9 Å². The highest BCUT2D eigenvalue weighted by Gasteiger charge is 2.27. The Bertz CT molecular complexity index is 1160. The molecule has 0 spiro atoms. The van der Waals surface area contributed by atoms with E-state index in [1.807, 2.05) is 26.0 Å². The third kappa shape index (κ3) is 5.14. The van der Waals surface area contributed by atoms with E-state index >= 15 is 0 Å². The number of benzene rings is 3. The summed E-state index contributed by atoms with van der Waals surface area (Å²) in [6, 6.07) is 17.8. The maximum Gasteiger partial charge on any atom is 0.264 e. The van der Waals surface area contributed by atoms with Gasteiger partial charge in [-0.25, -0.2) is 8.42 Å². The fourth-order valence-corrected chi connectivity index (χ4v) is 4.81. The lowest BCUT2D eigenvalue weighted by molar-refractivity contribution is -0.114. The highest BCUT2D eigenvalue weighted by molar-refractivity contribution is 7.92. The zero-order valence-corrected chi connectivity index (χ0v) is 18.7. The quantitative estimate of drug-likeness (QED) is 0.529. The summed E-state index contributed by atoms with van der Waals surface area (Å²) < 4.78 is 27.6. The topological polar surface area (TPSA) is 66.5 Å². The van der Waals surface area contributed by atoms with E-state index in [9.17, 15) is 13.2 Å². The number of amides is 1. The minimum Gasteiger partial charge on any atom is -0.325 e. The molecular formula is C22H20Cl2N2O3S. The van der Waals surface area contributed by atoms with Crippen molar-refractivity contribution in [2.75, 3.05) is 16.2 Å². The van der Waals surface area contributed by atoms with Gasteiger partial charge in [0.2, 0.25) is 5.91 Å². The fraction of sp³-hybridized carbons (Fsp3) is 0.136. The molecule has 0 heterocycles. The molecule has 0 bridgehead atoms. The molecule has 0 saturated heterocycles. The van der Waals surface area contributed by atoms with E-state index in [1.165, 1.54) is 30.3 Å². The van der Waals surface area contributed by atoms with Crippen LogP contribution in [-0.4, -0.2) is 20.9 Å². The third-order valence-electron chi connectivity index (χ3n) is 4.54. The Morgan fingerprint density at radius 2 is 1.53 bits per heavy atom. The van der Waals surface area contributed by atoms with Crippen LogP contribution < -0.4 is 9.62 Å². The molecule has 0 fully saturated rings. The van der Waals surface area contributed by atoms with E-state index in [4.69, 9.17) is 23.2 Å². The Labute approximate surface area is 186 Å². The molecule has 0 radical (unpaired) electrons. The van der Waals surface area contributed by atoms with Crippen molar-refractivity contribution in [1.29, 1.82) is 0 Å². The number of nitrogens with zero attached hydrogens (tertiary/aromatic N) is 1. The number of carbonyl (C=O) groups is 1.